The zero-order chi connectivity index (χ0) is 20.9. The quantitative estimate of drug-likeness (QED) is 0.643. The number of pyridine rings is 1. The van der Waals surface area contributed by atoms with Crippen LogP contribution in [0.5, 0.6) is 0 Å². The minimum Gasteiger partial charge on any atom is -0.396 e. The van der Waals surface area contributed by atoms with Crippen molar-refractivity contribution >= 4 is 22.6 Å². The molecule has 5 heteroatoms. The number of hydrogen-bond acceptors (Lipinski definition) is 4. The Morgan fingerprint density at radius 1 is 1.20 bits per heavy atom. The van der Waals surface area contributed by atoms with Crippen LogP contribution in [0, 0.1) is 5.92 Å². The molecule has 0 bridgehead atoms. The van der Waals surface area contributed by atoms with Crippen LogP contribution in [0.15, 0.2) is 60.7 Å². The van der Waals surface area contributed by atoms with Crippen molar-refractivity contribution in [3.63, 3.8) is 0 Å². The highest BCUT2D eigenvalue weighted by Crippen LogP contribution is 2.27. The van der Waals surface area contributed by atoms with Crippen LogP contribution >= 0.6 is 0 Å². The summed E-state index contributed by atoms with van der Waals surface area (Å²) in [5.74, 6) is 0.984. The lowest BCUT2D eigenvalue weighted by atomic mass is 9.98. The van der Waals surface area contributed by atoms with Crippen molar-refractivity contribution in [1.82, 2.24) is 10.3 Å². The van der Waals surface area contributed by atoms with Crippen LogP contribution in [0.1, 0.15) is 48.1 Å². The number of benzene rings is 2. The van der Waals surface area contributed by atoms with Crippen molar-refractivity contribution in [2.75, 3.05) is 24.6 Å². The molecule has 2 N–H and O–H groups in total. The summed E-state index contributed by atoms with van der Waals surface area (Å²) in [5.41, 5.74) is 2.57. The smallest absolute Gasteiger partial charge is 0.252 e. The van der Waals surface area contributed by atoms with Crippen LogP contribution in [0.4, 0.5) is 5.82 Å². The van der Waals surface area contributed by atoms with Gasteiger partial charge in [0, 0.05) is 25.1 Å². The van der Waals surface area contributed by atoms with E-state index in [1.165, 1.54) is 0 Å². The summed E-state index contributed by atoms with van der Waals surface area (Å²) in [5, 5.41) is 13.7. The fourth-order valence-electron chi connectivity index (χ4n) is 4.28. The summed E-state index contributed by atoms with van der Waals surface area (Å²) >= 11 is 0. The Bertz CT molecular complexity index is 1010. The third-order valence-electron chi connectivity index (χ3n) is 5.96. The predicted molar refractivity (Wildman–Crippen MR) is 121 cm³/mol. The fourth-order valence-corrected chi connectivity index (χ4v) is 4.28. The molecule has 1 aromatic heterocycles. The summed E-state index contributed by atoms with van der Waals surface area (Å²) < 4.78 is 0. The van der Waals surface area contributed by atoms with Crippen molar-refractivity contribution in [2.45, 2.75) is 32.2 Å². The maximum Gasteiger partial charge on any atom is 0.252 e. The lowest BCUT2D eigenvalue weighted by Crippen LogP contribution is -2.37. The topological polar surface area (TPSA) is 65.5 Å². The lowest BCUT2D eigenvalue weighted by Gasteiger charge is -2.33. The van der Waals surface area contributed by atoms with E-state index in [-0.39, 0.29) is 24.5 Å². The molecule has 156 valence electrons. The molecule has 1 amide bonds. The van der Waals surface area contributed by atoms with Crippen LogP contribution in [-0.2, 0) is 0 Å². The van der Waals surface area contributed by atoms with E-state index in [4.69, 9.17) is 4.98 Å². The predicted octanol–water partition coefficient (Wildman–Crippen LogP) is 4.32. The molecule has 1 aliphatic heterocycles. The second-order valence-corrected chi connectivity index (χ2v) is 8.03. The van der Waals surface area contributed by atoms with Gasteiger partial charge in [-0.2, -0.15) is 0 Å². The number of aromatic nitrogens is 1. The van der Waals surface area contributed by atoms with E-state index in [9.17, 15) is 9.90 Å². The summed E-state index contributed by atoms with van der Waals surface area (Å²) in [7, 11) is 0. The van der Waals surface area contributed by atoms with Crippen molar-refractivity contribution in [3.05, 3.63) is 71.8 Å². The standard InChI is InChI=1S/C25H29N3O2/c1-2-22(19-10-4-3-5-11-19)27-25(30)21-15-24(26-23-13-7-6-12-20(21)23)28-14-8-9-18(16-28)17-29/h3-7,10-13,15,18,22,29H,2,8-9,14,16-17H2,1H3,(H,27,30)/t18?,22-/m0/s1. The highest BCUT2D eigenvalue weighted by atomic mass is 16.3. The van der Waals surface area contributed by atoms with E-state index >= 15 is 0 Å². The Morgan fingerprint density at radius 2 is 1.97 bits per heavy atom. The molecule has 5 nitrogen and oxygen atoms in total. The van der Waals surface area contributed by atoms with Gasteiger partial charge in [0.1, 0.15) is 5.82 Å². The van der Waals surface area contributed by atoms with Gasteiger partial charge < -0.3 is 15.3 Å². The lowest BCUT2D eigenvalue weighted by molar-refractivity contribution is 0.0937. The first-order valence-corrected chi connectivity index (χ1v) is 10.8. The molecule has 1 saturated heterocycles. The molecule has 0 spiro atoms. The van der Waals surface area contributed by atoms with Gasteiger partial charge in [0.15, 0.2) is 0 Å². The van der Waals surface area contributed by atoms with Gasteiger partial charge in [0.2, 0.25) is 0 Å². The van der Waals surface area contributed by atoms with Crippen molar-refractivity contribution in [3.8, 4) is 0 Å². The Balaban J connectivity index is 1.67. The van der Waals surface area contributed by atoms with Gasteiger partial charge in [0.25, 0.3) is 5.91 Å². The largest absolute Gasteiger partial charge is 0.396 e. The first kappa shape index (κ1) is 20.4. The second-order valence-electron chi connectivity index (χ2n) is 8.03. The van der Waals surface area contributed by atoms with Gasteiger partial charge in [-0.25, -0.2) is 4.98 Å². The zero-order valence-corrected chi connectivity index (χ0v) is 17.4. The zero-order valence-electron chi connectivity index (χ0n) is 17.4. The number of rotatable bonds is 6. The van der Waals surface area contributed by atoms with Crippen LogP contribution in [0.2, 0.25) is 0 Å². The normalized spacial score (nSPS) is 17.7. The Labute approximate surface area is 177 Å². The number of nitrogens with zero attached hydrogens (tertiary/aromatic N) is 2. The Hall–Kier alpha value is -2.92. The van der Waals surface area contributed by atoms with Gasteiger partial charge in [0.05, 0.1) is 17.1 Å². The number of aliphatic hydroxyl groups excluding tert-OH is 1. The minimum atomic E-state index is -0.0822. The maximum atomic E-state index is 13.4. The highest BCUT2D eigenvalue weighted by molar-refractivity contribution is 6.07. The summed E-state index contributed by atoms with van der Waals surface area (Å²) in [6.07, 6.45) is 2.87. The molecule has 0 radical (unpaired) electrons. The number of aliphatic hydroxyl groups is 1. The van der Waals surface area contributed by atoms with E-state index in [0.29, 0.717) is 5.56 Å². The average molecular weight is 404 g/mol. The summed E-state index contributed by atoms with van der Waals surface area (Å²) in [6, 6.07) is 19.8. The molecule has 3 aromatic rings. The van der Waals surface area contributed by atoms with E-state index in [2.05, 4.69) is 17.1 Å². The molecular formula is C25H29N3O2. The fraction of sp³-hybridized carbons (Fsp3) is 0.360. The first-order valence-electron chi connectivity index (χ1n) is 10.8. The number of para-hydroxylation sites is 1. The number of nitrogens with one attached hydrogen (secondary N) is 1. The summed E-state index contributed by atoms with van der Waals surface area (Å²) in [6.45, 7) is 3.93. The minimum absolute atomic E-state index is 0.0390. The number of carbonyl (C=O) groups excluding carboxylic acids is 1. The Kier molecular flexibility index (Phi) is 6.29. The molecular weight excluding hydrogens is 374 g/mol. The molecule has 4 rings (SSSR count). The van der Waals surface area contributed by atoms with Crippen LogP contribution in [0.3, 0.4) is 0 Å². The van der Waals surface area contributed by atoms with Gasteiger partial charge in [-0.3, -0.25) is 4.79 Å². The van der Waals surface area contributed by atoms with E-state index in [0.717, 1.165) is 54.6 Å². The summed E-state index contributed by atoms with van der Waals surface area (Å²) in [4.78, 5) is 20.4. The monoisotopic (exact) mass is 403 g/mol. The molecule has 1 fully saturated rings. The van der Waals surface area contributed by atoms with Gasteiger partial charge in [-0.15, -0.1) is 0 Å². The van der Waals surface area contributed by atoms with Crippen LogP contribution in [-0.4, -0.2) is 35.7 Å². The molecule has 2 atom stereocenters. The van der Waals surface area contributed by atoms with E-state index in [1.54, 1.807) is 0 Å². The number of amides is 1. The molecule has 2 heterocycles. The van der Waals surface area contributed by atoms with Crippen molar-refractivity contribution in [1.29, 1.82) is 0 Å². The van der Waals surface area contributed by atoms with E-state index in [1.807, 2.05) is 60.7 Å². The Morgan fingerprint density at radius 3 is 2.73 bits per heavy atom. The van der Waals surface area contributed by atoms with Crippen molar-refractivity contribution in [2.24, 2.45) is 5.92 Å². The molecule has 30 heavy (non-hydrogen) atoms. The molecule has 1 aliphatic rings. The van der Waals surface area contributed by atoms with Crippen LogP contribution < -0.4 is 10.2 Å². The van der Waals surface area contributed by atoms with Crippen LogP contribution in [0.25, 0.3) is 10.9 Å². The number of piperidine rings is 1. The SMILES string of the molecule is CC[C@H](NC(=O)c1cc(N2CCCC(CO)C2)nc2ccccc12)c1ccccc1. The first-order chi connectivity index (χ1) is 14.7. The third kappa shape index (κ3) is 4.31. The van der Waals surface area contributed by atoms with E-state index < -0.39 is 0 Å². The molecule has 1 unspecified atom stereocenters. The number of hydrogen-bond donors (Lipinski definition) is 2. The van der Waals surface area contributed by atoms with Gasteiger partial charge in [-0.05, 0) is 42.9 Å². The molecule has 2 aromatic carbocycles. The molecule has 0 aliphatic carbocycles. The third-order valence-corrected chi connectivity index (χ3v) is 5.96. The number of fused-ring (bicyclic) bond motifs is 1. The second kappa shape index (κ2) is 9.26. The van der Waals surface area contributed by atoms with Gasteiger partial charge >= 0.3 is 0 Å². The number of anilines is 1. The highest BCUT2D eigenvalue weighted by Gasteiger charge is 2.23. The number of carbonyl (C=O) groups is 1. The van der Waals surface area contributed by atoms with Gasteiger partial charge in [-0.1, -0.05) is 55.5 Å². The molecule has 0 saturated carbocycles. The average Bonchev–Trinajstić information content (AvgIpc) is 2.82. The van der Waals surface area contributed by atoms with Crippen molar-refractivity contribution < 1.29 is 9.90 Å². The maximum absolute atomic E-state index is 13.4.